The molecule has 0 saturated carbocycles. The van der Waals surface area contributed by atoms with E-state index >= 15 is 0 Å². The zero-order valence-electron chi connectivity index (χ0n) is 17.2. The second kappa shape index (κ2) is 9.69. The predicted octanol–water partition coefficient (Wildman–Crippen LogP) is 3.47. The van der Waals surface area contributed by atoms with Crippen molar-refractivity contribution in [1.82, 2.24) is 9.80 Å². The van der Waals surface area contributed by atoms with Gasteiger partial charge in [-0.05, 0) is 24.6 Å². The maximum absolute atomic E-state index is 13.6. The first-order chi connectivity index (χ1) is 14.6. The molecule has 2 aromatic rings. The molecule has 2 aliphatic rings. The van der Waals surface area contributed by atoms with E-state index < -0.39 is 0 Å². The summed E-state index contributed by atoms with van der Waals surface area (Å²) >= 11 is 6.39. The average molecular weight is 431 g/mol. The van der Waals surface area contributed by atoms with Gasteiger partial charge in [-0.15, -0.1) is 0 Å². The van der Waals surface area contributed by atoms with Gasteiger partial charge in [-0.3, -0.25) is 9.69 Å². The molecule has 1 atom stereocenters. The van der Waals surface area contributed by atoms with Crippen molar-refractivity contribution in [2.24, 2.45) is 0 Å². The van der Waals surface area contributed by atoms with Gasteiger partial charge < -0.3 is 19.1 Å². The van der Waals surface area contributed by atoms with E-state index in [1.54, 1.807) is 12.1 Å². The quantitative estimate of drug-likeness (QED) is 0.702. The van der Waals surface area contributed by atoms with Crippen LogP contribution in [0.1, 0.15) is 22.8 Å². The molecule has 6 nitrogen and oxygen atoms in total. The molecule has 1 saturated heterocycles. The van der Waals surface area contributed by atoms with E-state index in [1.807, 2.05) is 35.2 Å². The Bertz CT molecular complexity index is 871. The van der Waals surface area contributed by atoms with Crippen molar-refractivity contribution in [2.45, 2.75) is 19.5 Å². The molecular formula is C23H27ClN2O4. The minimum absolute atomic E-state index is 0.0165. The highest BCUT2D eigenvalue weighted by molar-refractivity contribution is 6.32. The van der Waals surface area contributed by atoms with E-state index in [1.165, 1.54) is 0 Å². The van der Waals surface area contributed by atoms with Gasteiger partial charge in [0.1, 0.15) is 13.2 Å². The largest absolute Gasteiger partial charge is 0.486 e. The topological polar surface area (TPSA) is 51.2 Å². The summed E-state index contributed by atoms with van der Waals surface area (Å²) in [7, 11) is 0. The molecule has 4 rings (SSSR count). The van der Waals surface area contributed by atoms with Crippen LogP contribution >= 0.6 is 11.6 Å². The van der Waals surface area contributed by atoms with Crippen molar-refractivity contribution in [3.63, 3.8) is 0 Å². The Morgan fingerprint density at radius 1 is 1.10 bits per heavy atom. The number of hydrogen-bond donors (Lipinski definition) is 0. The molecule has 1 unspecified atom stereocenters. The van der Waals surface area contributed by atoms with Crippen LogP contribution in [0.3, 0.4) is 0 Å². The van der Waals surface area contributed by atoms with E-state index in [0.717, 1.165) is 38.4 Å². The van der Waals surface area contributed by atoms with Gasteiger partial charge in [0.25, 0.3) is 5.91 Å². The first-order valence-electron chi connectivity index (χ1n) is 10.4. The molecular weight excluding hydrogens is 404 g/mol. The summed E-state index contributed by atoms with van der Waals surface area (Å²) in [5.41, 5.74) is 1.59. The zero-order valence-corrected chi connectivity index (χ0v) is 17.9. The lowest BCUT2D eigenvalue weighted by atomic mass is 10.1. The fraction of sp³-hybridized carbons (Fsp3) is 0.435. The Labute approximate surface area is 182 Å². The number of carbonyl (C=O) groups is 1. The number of rotatable bonds is 6. The maximum atomic E-state index is 13.6. The Hall–Kier alpha value is -2.28. The van der Waals surface area contributed by atoms with Crippen molar-refractivity contribution < 1.29 is 19.0 Å². The standard InChI is InChI=1S/C23H27ClN2O4/c1-17(15-25-7-9-28-10-8-25)26(16-18-5-3-2-4-6-18)23(27)19-13-20(24)22-21(14-19)29-11-12-30-22/h2-6,13-14,17H,7-12,15-16H2,1H3. The number of nitrogens with zero attached hydrogens (tertiary/aromatic N) is 2. The third kappa shape index (κ3) is 4.89. The van der Waals surface area contributed by atoms with Crippen molar-refractivity contribution in [1.29, 1.82) is 0 Å². The van der Waals surface area contributed by atoms with Gasteiger partial charge in [0, 0.05) is 37.8 Å². The monoisotopic (exact) mass is 430 g/mol. The summed E-state index contributed by atoms with van der Waals surface area (Å²) in [5.74, 6) is 0.964. The number of halogens is 1. The molecule has 7 heteroatoms. The minimum atomic E-state index is -0.0708. The van der Waals surface area contributed by atoms with Crippen molar-refractivity contribution in [2.75, 3.05) is 46.1 Å². The van der Waals surface area contributed by atoms with Crippen LogP contribution in [0.25, 0.3) is 0 Å². The van der Waals surface area contributed by atoms with E-state index in [0.29, 0.717) is 41.8 Å². The van der Waals surface area contributed by atoms with Gasteiger partial charge in [0.15, 0.2) is 11.5 Å². The van der Waals surface area contributed by atoms with E-state index in [2.05, 4.69) is 11.8 Å². The zero-order chi connectivity index (χ0) is 20.9. The van der Waals surface area contributed by atoms with Crippen molar-refractivity contribution in [3.8, 4) is 11.5 Å². The van der Waals surface area contributed by atoms with Gasteiger partial charge in [0.05, 0.1) is 18.2 Å². The van der Waals surface area contributed by atoms with Gasteiger partial charge in [-0.1, -0.05) is 41.9 Å². The van der Waals surface area contributed by atoms with Crippen LogP contribution in [-0.4, -0.2) is 67.8 Å². The van der Waals surface area contributed by atoms with Crippen LogP contribution < -0.4 is 9.47 Å². The second-order valence-electron chi connectivity index (χ2n) is 7.66. The molecule has 0 N–H and O–H groups in total. The van der Waals surface area contributed by atoms with Crippen LogP contribution in [0.2, 0.25) is 5.02 Å². The SMILES string of the molecule is CC(CN1CCOCC1)N(Cc1ccccc1)C(=O)c1cc(Cl)c2c(c1)OCCO2. The van der Waals surface area contributed by atoms with Gasteiger partial charge in [-0.25, -0.2) is 0 Å². The van der Waals surface area contributed by atoms with Gasteiger partial charge >= 0.3 is 0 Å². The summed E-state index contributed by atoms with van der Waals surface area (Å²) in [6, 6.07) is 13.5. The van der Waals surface area contributed by atoms with E-state index in [4.69, 9.17) is 25.8 Å². The first-order valence-corrected chi connectivity index (χ1v) is 10.7. The number of amides is 1. The molecule has 1 amide bonds. The van der Waals surface area contributed by atoms with E-state index in [-0.39, 0.29) is 11.9 Å². The van der Waals surface area contributed by atoms with Crippen molar-refractivity contribution >= 4 is 17.5 Å². The molecule has 0 radical (unpaired) electrons. The predicted molar refractivity (Wildman–Crippen MR) is 115 cm³/mol. The highest BCUT2D eigenvalue weighted by atomic mass is 35.5. The van der Waals surface area contributed by atoms with Gasteiger partial charge in [0.2, 0.25) is 0 Å². The number of benzene rings is 2. The van der Waals surface area contributed by atoms with Crippen molar-refractivity contribution in [3.05, 3.63) is 58.6 Å². The average Bonchev–Trinajstić information content (AvgIpc) is 2.78. The molecule has 0 bridgehead atoms. The summed E-state index contributed by atoms with van der Waals surface area (Å²) in [6.45, 7) is 7.54. The number of ether oxygens (including phenoxy) is 3. The normalized spacial score (nSPS) is 17.4. The summed E-state index contributed by atoms with van der Waals surface area (Å²) in [6.07, 6.45) is 0. The first kappa shape index (κ1) is 21.0. The molecule has 2 aromatic carbocycles. The molecule has 1 fully saturated rings. The highest BCUT2D eigenvalue weighted by Crippen LogP contribution is 2.38. The Morgan fingerprint density at radius 2 is 1.83 bits per heavy atom. The molecule has 30 heavy (non-hydrogen) atoms. The molecule has 0 aromatic heterocycles. The lowest BCUT2D eigenvalue weighted by Crippen LogP contribution is -2.48. The molecule has 0 spiro atoms. The van der Waals surface area contributed by atoms with Crippen LogP contribution in [-0.2, 0) is 11.3 Å². The number of hydrogen-bond acceptors (Lipinski definition) is 5. The number of carbonyl (C=O) groups excluding carboxylic acids is 1. The molecule has 2 heterocycles. The Balaban J connectivity index is 1.59. The highest BCUT2D eigenvalue weighted by Gasteiger charge is 2.27. The van der Waals surface area contributed by atoms with E-state index in [9.17, 15) is 4.79 Å². The fourth-order valence-electron chi connectivity index (χ4n) is 3.86. The summed E-state index contributed by atoms with van der Waals surface area (Å²) in [4.78, 5) is 17.9. The third-order valence-electron chi connectivity index (χ3n) is 5.46. The number of morpholine rings is 1. The Morgan fingerprint density at radius 3 is 2.60 bits per heavy atom. The summed E-state index contributed by atoms with van der Waals surface area (Å²) < 4.78 is 16.7. The van der Waals surface area contributed by atoms with Crippen LogP contribution in [0.4, 0.5) is 0 Å². The summed E-state index contributed by atoms with van der Waals surface area (Å²) in [5, 5.41) is 0.399. The Kier molecular flexibility index (Phi) is 6.77. The molecule has 160 valence electrons. The second-order valence-corrected chi connectivity index (χ2v) is 8.07. The molecule has 2 aliphatic heterocycles. The van der Waals surface area contributed by atoms with Gasteiger partial charge in [-0.2, -0.15) is 0 Å². The fourth-order valence-corrected chi connectivity index (χ4v) is 4.13. The molecule has 0 aliphatic carbocycles. The lowest BCUT2D eigenvalue weighted by Gasteiger charge is -2.35. The number of fused-ring (bicyclic) bond motifs is 1. The maximum Gasteiger partial charge on any atom is 0.254 e. The van der Waals surface area contributed by atoms with Crippen LogP contribution in [0, 0.1) is 0 Å². The van der Waals surface area contributed by atoms with Crippen LogP contribution in [0.5, 0.6) is 11.5 Å². The van der Waals surface area contributed by atoms with Crippen LogP contribution in [0.15, 0.2) is 42.5 Å². The smallest absolute Gasteiger partial charge is 0.254 e. The third-order valence-corrected chi connectivity index (χ3v) is 5.74. The minimum Gasteiger partial charge on any atom is -0.486 e. The lowest BCUT2D eigenvalue weighted by molar-refractivity contribution is 0.0228.